The lowest BCUT2D eigenvalue weighted by atomic mass is 9.78. The molecule has 128 valence electrons. The van der Waals surface area contributed by atoms with Gasteiger partial charge >= 0.3 is 0 Å². The Morgan fingerprint density at radius 2 is 2.04 bits per heavy atom. The lowest BCUT2D eigenvalue weighted by Gasteiger charge is -2.30. The van der Waals surface area contributed by atoms with Crippen LogP contribution in [0.5, 0.6) is 0 Å². The summed E-state index contributed by atoms with van der Waals surface area (Å²) in [6.07, 6.45) is 4.42. The summed E-state index contributed by atoms with van der Waals surface area (Å²) in [5.74, 6) is 0.129. The Bertz CT molecular complexity index is 759. The highest BCUT2D eigenvalue weighted by Gasteiger charge is 2.37. The monoisotopic (exact) mass is 332 g/mol. The van der Waals surface area contributed by atoms with Gasteiger partial charge in [0.1, 0.15) is 11.6 Å². The van der Waals surface area contributed by atoms with Gasteiger partial charge in [0.2, 0.25) is 5.91 Å². The maximum Gasteiger partial charge on any atom is 0.280 e. The van der Waals surface area contributed by atoms with E-state index in [4.69, 9.17) is 4.52 Å². The standard InChI is InChI=1S/C18H21FN2O3/c19-15-6-2-1-5-14(15)18(9-3-4-10-18)12-20-16(22)8-7-13-11-17(23)21-24-13/h1-2,5-6,11H,3-4,7-10,12H2,(H,20,22)(H,21,23). The van der Waals surface area contributed by atoms with Crippen molar-refractivity contribution in [1.82, 2.24) is 10.5 Å². The Morgan fingerprint density at radius 3 is 2.71 bits per heavy atom. The smallest absolute Gasteiger partial charge is 0.280 e. The highest BCUT2D eigenvalue weighted by atomic mass is 19.1. The van der Waals surface area contributed by atoms with Gasteiger partial charge in [-0.1, -0.05) is 31.0 Å². The molecular formula is C18H21FN2O3. The molecule has 0 atom stereocenters. The summed E-state index contributed by atoms with van der Waals surface area (Å²) in [5, 5.41) is 5.13. The third-order valence-electron chi connectivity index (χ3n) is 4.80. The Hall–Kier alpha value is -2.37. The number of nitrogens with one attached hydrogen (secondary N) is 2. The summed E-state index contributed by atoms with van der Waals surface area (Å²) in [6, 6.07) is 8.16. The van der Waals surface area contributed by atoms with Crippen molar-refractivity contribution in [2.45, 2.75) is 43.9 Å². The van der Waals surface area contributed by atoms with Crippen molar-refractivity contribution in [2.24, 2.45) is 0 Å². The van der Waals surface area contributed by atoms with Gasteiger partial charge in [0, 0.05) is 30.9 Å². The summed E-state index contributed by atoms with van der Waals surface area (Å²) in [7, 11) is 0. The zero-order valence-electron chi connectivity index (χ0n) is 13.4. The van der Waals surface area contributed by atoms with E-state index < -0.39 is 0 Å². The number of aromatic nitrogens is 1. The van der Waals surface area contributed by atoms with E-state index in [-0.39, 0.29) is 29.1 Å². The summed E-state index contributed by atoms with van der Waals surface area (Å²) in [6.45, 7) is 0.434. The lowest BCUT2D eigenvalue weighted by molar-refractivity contribution is -0.121. The number of halogens is 1. The van der Waals surface area contributed by atoms with E-state index in [0.29, 0.717) is 24.3 Å². The Morgan fingerprint density at radius 1 is 1.29 bits per heavy atom. The molecule has 1 aromatic heterocycles. The second-order valence-corrected chi connectivity index (χ2v) is 6.42. The zero-order chi connectivity index (χ0) is 17.0. The maximum atomic E-state index is 14.2. The van der Waals surface area contributed by atoms with Crippen LogP contribution in [0.15, 0.2) is 39.6 Å². The van der Waals surface area contributed by atoms with Crippen LogP contribution in [0.2, 0.25) is 0 Å². The van der Waals surface area contributed by atoms with E-state index in [2.05, 4.69) is 10.5 Å². The molecule has 6 heteroatoms. The van der Waals surface area contributed by atoms with Gasteiger partial charge in [-0.2, -0.15) is 5.16 Å². The van der Waals surface area contributed by atoms with Gasteiger partial charge in [0.15, 0.2) is 0 Å². The van der Waals surface area contributed by atoms with Crippen LogP contribution >= 0.6 is 0 Å². The molecule has 1 amide bonds. The van der Waals surface area contributed by atoms with Gasteiger partial charge in [0.25, 0.3) is 5.56 Å². The van der Waals surface area contributed by atoms with Crippen molar-refractivity contribution in [3.8, 4) is 0 Å². The van der Waals surface area contributed by atoms with Crippen molar-refractivity contribution in [1.29, 1.82) is 0 Å². The average molecular weight is 332 g/mol. The molecule has 1 aliphatic rings. The number of hydrogen-bond acceptors (Lipinski definition) is 3. The maximum absolute atomic E-state index is 14.2. The molecule has 0 spiro atoms. The molecule has 5 nitrogen and oxygen atoms in total. The van der Waals surface area contributed by atoms with Crippen molar-refractivity contribution < 1.29 is 13.7 Å². The summed E-state index contributed by atoms with van der Waals surface area (Å²) >= 11 is 0. The number of carbonyl (C=O) groups excluding carboxylic acids is 1. The van der Waals surface area contributed by atoms with Gasteiger partial charge in [-0.3, -0.25) is 9.59 Å². The molecule has 0 radical (unpaired) electrons. The number of carbonyl (C=O) groups is 1. The number of aryl methyl sites for hydroxylation is 1. The molecule has 1 aliphatic carbocycles. The van der Waals surface area contributed by atoms with Crippen molar-refractivity contribution in [3.63, 3.8) is 0 Å². The first-order valence-electron chi connectivity index (χ1n) is 8.28. The first kappa shape index (κ1) is 16.5. The molecule has 1 fully saturated rings. The number of rotatable bonds is 6. The fourth-order valence-corrected chi connectivity index (χ4v) is 3.52. The van der Waals surface area contributed by atoms with E-state index in [1.807, 2.05) is 12.1 Å². The average Bonchev–Trinajstić information content (AvgIpc) is 3.21. The van der Waals surface area contributed by atoms with Gasteiger partial charge in [0.05, 0.1) is 0 Å². The van der Waals surface area contributed by atoms with Crippen LogP contribution in [-0.4, -0.2) is 17.6 Å². The van der Waals surface area contributed by atoms with Gasteiger partial charge in [-0.25, -0.2) is 4.39 Å². The third-order valence-corrected chi connectivity index (χ3v) is 4.80. The van der Waals surface area contributed by atoms with Crippen LogP contribution in [0.1, 0.15) is 43.4 Å². The molecule has 1 saturated carbocycles. The second kappa shape index (κ2) is 7.03. The van der Waals surface area contributed by atoms with Gasteiger partial charge < -0.3 is 9.84 Å². The second-order valence-electron chi connectivity index (χ2n) is 6.42. The zero-order valence-corrected chi connectivity index (χ0v) is 13.4. The highest BCUT2D eigenvalue weighted by molar-refractivity contribution is 5.76. The molecule has 0 aliphatic heterocycles. The van der Waals surface area contributed by atoms with Crippen LogP contribution in [0.3, 0.4) is 0 Å². The normalized spacial score (nSPS) is 16.2. The number of amides is 1. The van der Waals surface area contributed by atoms with Crippen molar-refractivity contribution in [3.05, 3.63) is 57.8 Å². The molecule has 2 aromatic rings. The number of benzene rings is 1. The van der Waals surface area contributed by atoms with Crippen LogP contribution in [-0.2, 0) is 16.6 Å². The van der Waals surface area contributed by atoms with Crippen LogP contribution in [0.4, 0.5) is 4.39 Å². The topological polar surface area (TPSA) is 75.1 Å². The molecule has 0 bridgehead atoms. The van der Waals surface area contributed by atoms with Gasteiger partial charge in [-0.05, 0) is 24.5 Å². The minimum atomic E-state index is -0.318. The summed E-state index contributed by atoms with van der Waals surface area (Å²) < 4.78 is 19.2. The molecule has 1 heterocycles. The third kappa shape index (κ3) is 3.58. The quantitative estimate of drug-likeness (QED) is 0.854. The fraction of sp³-hybridized carbons (Fsp3) is 0.444. The Labute approximate surface area is 139 Å². The molecule has 0 saturated heterocycles. The van der Waals surface area contributed by atoms with E-state index >= 15 is 0 Å². The first-order chi connectivity index (χ1) is 11.6. The first-order valence-corrected chi connectivity index (χ1v) is 8.28. The number of hydrogen-bond donors (Lipinski definition) is 2. The predicted octanol–water partition coefficient (Wildman–Crippen LogP) is 2.67. The Kier molecular flexibility index (Phi) is 4.83. The van der Waals surface area contributed by atoms with E-state index in [1.165, 1.54) is 12.1 Å². The minimum absolute atomic E-state index is 0.124. The van der Waals surface area contributed by atoms with E-state index in [1.54, 1.807) is 6.07 Å². The van der Waals surface area contributed by atoms with Crippen LogP contribution in [0.25, 0.3) is 0 Å². The largest absolute Gasteiger partial charge is 0.384 e. The number of aromatic amines is 1. The van der Waals surface area contributed by atoms with Crippen LogP contribution in [0, 0.1) is 5.82 Å². The molecule has 24 heavy (non-hydrogen) atoms. The van der Waals surface area contributed by atoms with Gasteiger partial charge in [-0.15, -0.1) is 0 Å². The SMILES string of the molecule is O=C(CCc1cc(=O)[nH]o1)NCC1(c2ccccc2F)CCCC1. The van der Waals surface area contributed by atoms with E-state index in [9.17, 15) is 14.0 Å². The van der Waals surface area contributed by atoms with Crippen molar-refractivity contribution in [2.75, 3.05) is 6.54 Å². The molecule has 3 rings (SSSR count). The molecule has 1 aromatic carbocycles. The Balaban J connectivity index is 1.61. The number of H-pyrrole nitrogens is 1. The fourth-order valence-electron chi connectivity index (χ4n) is 3.52. The van der Waals surface area contributed by atoms with Crippen LogP contribution < -0.4 is 10.9 Å². The minimum Gasteiger partial charge on any atom is -0.384 e. The molecular weight excluding hydrogens is 311 g/mol. The predicted molar refractivity (Wildman–Crippen MR) is 87.2 cm³/mol. The lowest BCUT2D eigenvalue weighted by Crippen LogP contribution is -2.39. The highest BCUT2D eigenvalue weighted by Crippen LogP contribution is 2.41. The summed E-state index contributed by atoms with van der Waals surface area (Å²) in [5.41, 5.74) is 0.0658. The summed E-state index contributed by atoms with van der Waals surface area (Å²) in [4.78, 5) is 23.1. The van der Waals surface area contributed by atoms with E-state index in [0.717, 1.165) is 25.7 Å². The van der Waals surface area contributed by atoms with Crippen molar-refractivity contribution >= 4 is 5.91 Å². The molecule has 0 unspecified atom stereocenters. The molecule has 2 N–H and O–H groups in total.